The monoisotopic (exact) mass is 327 g/mol. The summed E-state index contributed by atoms with van der Waals surface area (Å²) in [6.07, 6.45) is 0.757. The highest BCUT2D eigenvalue weighted by Gasteiger charge is 2.27. The van der Waals surface area contributed by atoms with Crippen molar-refractivity contribution in [3.05, 3.63) is 59.2 Å². The first-order valence-corrected chi connectivity index (χ1v) is 8.85. The van der Waals surface area contributed by atoms with Crippen LogP contribution >= 0.6 is 0 Å². The molecule has 0 bridgehead atoms. The average molecular weight is 327 g/mol. The van der Waals surface area contributed by atoms with Gasteiger partial charge >= 0.3 is 0 Å². The van der Waals surface area contributed by atoms with Crippen molar-refractivity contribution in [1.82, 2.24) is 0 Å². The maximum atomic E-state index is 11.5. The lowest BCUT2D eigenvalue weighted by Gasteiger charge is -2.25. The Morgan fingerprint density at radius 2 is 2.04 bits per heavy atom. The minimum atomic E-state index is -3.69. The van der Waals surface area contributed by atoms with E-state index in [4.69, 9.17) is 5.14 Å². The Kier molecular flexibility index (Phi) is 3.84. The van der Waals surface area contributed by atoms with Gasteiger partial charge < -0.3 is 4.90 Å². The van der Waals surface area contributed by atoms with Gasteiger partial charge in [0.05, 0.1) is 16.5 Å². The first kappa shape index (κ1) is 15.5. The molecule has 1 aliphatic heterocycles. The molecular formula is C17H17N3O2S. The van der Waals surface area contributed by atoms with Crippen molar-refractivity contribution >= 4 is 15.7 Å². The number of anilines is 1. The molecule has 0 fully saturated rings. The highest BCUT2D eigenvalue weighted by atomic mass is 32.2. The van der Waals surface area contributed by atoms with Crippen molar-refractivity contribution in [1.29, 1.82) is 5.26 Å². The van der Waals surface area contributed by atoms with Gasteiger partial charge in [-0.25, -0.2) is 13.6 Å². The van der Waals surface area contributed by atoms with Crippen molar-refractivity contribution in [3.63, 3.8) is 0 Å². The molecule has 2 N–H and O–H groups in total. The van der Waals surface area contributed by atoms with Crippen molar-refractivity contribution in [3.8, 4) is 6.07 Å². The van der Waals surface area contributed by atoms with Crippen LogP contribution in [0.15, 0.2) is 47.4 Å². The quantitative estimate of drug-likeness (QED) is 0.936. The lowest BCUT2D eigenvalue weighted by Crippen LogP contribution is -2.28. The summed E-state index contributed by atoms with van der Waals surface area (Å²) in [5, 5.41) is 14.4. The summed E-state index contributed by atoms with van der Waals surface area (Å²) < 4.78 is 23.0. The number of hydrogen-bond acceptors (Lipinski definition) is 4. The Bertz CT molecular complexity index is 900. The van der Waals surface area contributed by atoms with E-state index in [1.165, 1.54) is 6.07 Å². The average Bonchev–Trinajstić information content (AvgIpc) is 2.82. The van der Waals surface area contributed by atoms with Crippen LogP contribution in [0, 0.1) is 11.3 Å². The smallest absolute Gasteiger partial charge is 0.238 e. The number of nitrogens with zero attached hydrogens (tertiary/aromatic N) is 2. The Balaban J connectivity index is 1.97. The summed E-state index contributed by atoms with van der Waals surface area (Å²) in [6, 6.07) is 15.0. The number of nitriles is 1. The molecule has 0 aromatic heterocycles. The molecule has 23 heavy (non-hydrogen) atoms. The number of nitrogens with two attached hydrogens (primary N) is 1. The van der Waals surface area contributed by atoms with Gasteiger partial charge in [0.1, 0.15) is 0 Å². The van der Waals surface area contributed by atoms with E-state index in [-0.39, 0.29) is 10.9 Å². The molecule has 1 unspecified atom stereocenters. The van der Waals surface area contributed by atoms with Crippen LogP contribution in [0.3, 0.4) is 0 Å². The Morgan fingerprint density at radius 1 is 1.30 bits per heavy atom. The van der Waals surface area contributed by atoms with Gasteiger partial charge in [0, 0.05) is 18.3 Å². The van der Waals surface area contributed by atoms with Gasteiger partial charge in [-0.05, 0) is 48.7 Å². The van der Waals surface area contributed by atoms with Crippen molar-refractivity contribution in [2.24, 2.45) is 5.14 Å². The largest absolute Gasteiger partial charge is 0.364 e. The number of rotatable bonds is 3. The highest BCUT2D eigenvalue weighted by molar-refractivity contribution is 7.89. The zero-order valence-electron chi connectivity index (χ0n) is 12.7. The number of primary sulfonamides is 1. The second kappa shape index (κ2) is 5.69. The fraction of sp³-hybridized carbons (Fsp3) is 0.235. The second-order valence-electron chi connectivity index (χ2n) is 5.79. The predicted octanol–water partition coefficient (Wildman–Crippen LogP) is 2.16. The highest BCUT2D eigenvalue weighted by Crippen LogP contribution is 2.35. The number of benzene rings is 2. The Hall–Kier alpha value is -2.36. The van der Waals surface area contributed by atoms with E-state index >= 15 is 0 Å². The van der Waals surface area contributed by atoms with Gasteiger partial charge in [-0.3, -0.25) is 0 Å². The van der Waals surface area contributed by atoms with Gasteiger partial charge in [0.25, 0.3) is 0 Å². The zero-order valence-corrected chi connectivity index (χ0v) is 13.5. The van der Waals surface area contributed by atoms with Gasteiger partial charge in [-0.1, -0.05) is 18.2 Å². The molecular weight excluding hydrogens is 310 g/mol. The molecule has 5 nitrogen and oxygen atoms in total. The van der Waals surface area contributed by atoms with Crippen molar-refractivity contribution in [2.75, 3.05) is 4.90 Å². The molecule has 1 aliphatic rings. The molecule has 1 heterocycles. The Morgan fingerprint density at radius 3 is 2.74 bits per heavy atom. The van der Waals surface area contributed by atoms with Crippen LogP contribution in [0.5, 0.6) is 0 Å². The standard InChI is InChI=1S/C17H17N3O2S/c1-12-8-15-9-16(23(19,21)22)6-7-17(15)20(12)11-14-5-3-2-4-13(14)10-18/h2-7,9,12H,8,11H2,1H3,(H2,19,21,22). The van der Waals surface area contributed by atoms with E-state index in [1.54, 1.807) is 18.2 Å². The molecule has 3 rings (SSSR count). The summed E-state index contributed by atoms with van der Waals surface area (Å²) in [5.74, 6) is 0. The van der Waals surface area contributed by atoms with Crippen LogP contribution in [0.1, 0.15) is 23.6 Å². The van der Waals surface area contributed by atoms with Gasteiger partial charge in [0.15, 0.2) is 0 Å². The normalized spacial score (nSPS) is 16.9. The number of fused-ring (bicyclic) bond motifs is 1. The van der Waals surface area contributed by atoms with Crippen LogP contribution in [-0.4, -0.2) is 14.5 Å². The first-order valence-electron chi connectivity index (χ1n) is 7.30. The topological polar surface area (TPSA) is 87.2 Å². The van der Waals surface area contributed by atoms with Gasteiger partial charge in [0.2, 0.25) is 10.0 Å². The molecule has 2 aromatic rings. The SMILES string of the molecule is CC1Cc2cc(S(N)(=O)=O)ccc2N1Cc1ccccc1C#N. The molecule has 0 saturated heterocycles. The third-order valence-electron chi connectivity index (χ3n) is 4.21. The van der Waals surface area contributed by atoms with Crippen molar-refractivity contribution in [2.45, 2.75) is 30.8 Å². The van der Waals surface area contributed by atoms with E-state index in [1.807, 2.05) is 18.2 Å². The van der Waals surface area contributed by atoms with Crippen LogP contribution in [0.2, 0.25) is 0 Å². The predicted molar refractivity (Wildman–Crippen MR) is 88.3 cm³/mol. The lowest BCUT2D eigenvalue weighted by molar-refractivity contribution is 0.597. The molecule has 118 valence electrons. The fourth-order valence-electron chi connectivity index (χ4n) is 3.04. The summed E-state index contributed by atoms with van der Waals surface area (Å²) in [4.78, 5) is 2.33. The molecule has 0 aliphatic carbocycles. The zero-order chi connectivity index (χ0) is 16.6. The van der Waals surface area contributed by atoms with E-state index in [0.717, 1.165) is 23.2 Å². The van der Waals surface area contributed by atoms with E-state index < -0.39 is 10.0 Å². The maximum Gasteiger partial charge on any atom is 0.238 e. The number of sulfonamides is 1. The molecule has 0 radical (unpaired) electrons. The maximum absolute atomic E-state index is 11.5. The van der Waals surface area contributed by atoms with Crippen LogP contribution in [0.4, 0.5) is 5.69 Å². The van der Waals surface area contributed by atoms with Crippen LogP contribution < -0.4 is 10.0 Å². The van der Waals surface area contributed by atoms with E-state index in [0.29, 0.717) is 12.1 Å². The Labute approximate surface area is 136 Å². The molecule has 0 saturated carbocycles. The minimum absolute atomic E-state index is 0.141. The molecule has 1 atom stereocenters. The fourth-order valence-corrected chi connectivity index (χ4v) is 3.60. The van der Waals surface area contributed by atoms with Gasteiger partial charge in [-0.2, -0.15) is 5.26 Å². The molecule has 6 heteroatoms. The molecule has 0 spiro atoms. The van der Waals surface area contributed by atoms with Gasteiger partial charge in [-0.15, -0.1) is 0 Å². The lowest BCUT2D eigenvalue weighted by atomic mass is 10.1. The van der Waals surface area contributed by atoms with E-state index in [2.05, 4.69) is 17.9 Å². The van der Waals surface area contributed by atoms with Crippen molar-refractivity contribution < 1.29 is 8.42 Å². The van der Waals surface area contributed by atoms with Crippen LogP contribution in [-0.2, 0) is 23.0 Å². The molecule has 2 aromatic carbocycles. The third-order valence-corrected chi connectivity index (χ3v) is 5.13. The molecule has 0 amide bonds. The van der Waals surface area contributed by atoms with Crippen LogP contribution in [0.25, 0.3) is 0 Å². The minimum Gasteiger partial charge on any atom is -0.364 e. The number of hydrogen-bond donors (Lipinski definition) is 1. The second-order valence-corrected chi connectivity index (χ2v) is 7.35. The summed E-state index contributed by atoms with van der Waals surface area (Å²) >= 11 is 0. The first-order chi connectivity index (χ1) is 10.9. The third kappa shape index (κ3) is 2.93. The summed E-state index contributed by atoms with van der Waals surface area (Å²) in [7, 11) is -3.69. The summed E-state index contributed by atoms with van der Waals surface area (Å²) in [6.45, 7) is 2.71. The van der Waals surface area contributed by atoms with E-state index in [9.17, 15) is 13.7 Å². The summed E-state index contributed by atoms with van der Waals surface area (Å²) in [5.41, 5.74) is 3.59.